The van der Waals surface area contributed by atoms with Gasteiger partial charge in [0.1, 0.15) is 0 Å². The highest BCUT2D eigenvalue weighted by Gasteiger charge is 2.37. The third-order valence-electron chi connectivity index (χ3n) is 3.81. The number of esters is 1. The van der Waals surface area contributed by atoms with Gasteiger partial charge in [0, 0.05) is 6.42 Å². The van der Waals surface area contributed by atoms with Gasteiger partial charge in [-0.1, -0.05) is 19.1 Å². The van der Waals surface area contributed by atoms with Crippen LogP contribution in [0.3, 0.4) is 0 Å². The summed E-state index contributed by atoms with van der Waals surface area (Å²) in [6.45, 7) is 1.98. The van der Waals surface area contributed by atoms with Crippen molar-refractivity contribution in [3.8, 4) is 0 Å². The third-order valence-corrected chi connectivity index (χ3v) is 3.81. The lowest BCUT2D eigenvalue weighted by Crippen LogP contribution is -2.18. The minimum Gasteiger partial charge on any atom is -0.469 e. The lowest BCUT2D eigenvalue weighted by atomic mass is 9.92. The molecule has 2 N–H and O–H groups in total. The lowest BCUT2D eigenvalue weighted by Gasteiger charge is -2.17. The molecule has 1 saturated carbocycles. The summed E-state index contributed by atoms with van der Waals surface area (Å²) in [5.41, 5.74) is 0. The molecule has 1 fully saturated rings. The van der Waals surface area contributed by atoms with Crippen LogP contribution in [-0.2, 0) is 9.53 Å². The van der Waals surface area contributed by atoms with Gasteiger partial charge in [-0.2, -0.15) is 0 Å². The normalized spacial score (nSPS) is 32.0. The second-order valence-electron chi connectivity index (χ2n) is 5.07. The zero-order valence-electron chi connectivity index (χ0n) is 11.2. The highest BCUT2D eigenvalue weighted by Crippen LogP contribution is 2.34. The maximum atomic E-state index is 10.9. The minimum absolute atomic E-state index is 0.150. The zero-order valence-corrected chi connectivity index (χ0v) is 11.2. The third kappa shape index (κ3) is 4.42. The predicted octanol–water partition coefficient (Wildman–Crippen LogP) is 1.65. The van der Waals surface area contributed by atoms with Crippen LogP contribution in [0.25, 0.3) is 0 Å². The predicted molar refractivity (Wildman–Crippen MR) is 68.9 cm³/mol. The fraction of sp³-hybridized carbons (Fsp3) is 0.786. The maximum absolute atomic E-state index is 10.9. The molecule has 0 saturated heterocycles. The first-order valence-electron chi connectivity index (χ1n) is 6.64. The fourth-order valence-corrected chi connectivity index (χ4v) is 2.48. The van der Waals surface area contributed by atoms with E-state index in [1.54, 1.807) is 0 Å². The molecule has 4 heteroatoms. The Labute approximate surface area is 109 Å². The van der Waals surface area contributed by atoms with Crippen molar-refractivity contribution in [3.05, 3.63) is 12.2 Å². The smallest absolute Gasteiger partial charge is 0.305 e. The number of rotatable bonds is 6. The zero-order chi connectivity index (χ0) is 13.5. The fourth-order valence-electron chi connectivity index (χ4n) is 2.48. The van der Waals surface area contributed by atoms with Gasteiger partial charge < -0.3 is 14.9 Å². The summed E-state index contributed by atoms with van der Waals surface area (Å²) in [6.07, 6.45) is 6.66. The van der Waals surface area contributed by atoms with E-state index < -0.39 is 6.10 Å². The number of hydrogen-bond donors (Lipinski definition) is 2. The SMILES string of the molecule is COC(=O)CCCC=CCC1C(O)CC(O)C1C. The van der Waals surface area contributed by atoms with Crippen LogP contribution in [0.1, 0.15) is 39.0 Å². The molecule has 0 heterocycles. The van der Waals surface area contributed by atoms with E-state index in [2.05, 4.69) is 4.74 Å². The van der Waals surface area contributed by atoms with Gasteiger partial charge in [-0.25, -0.2) is 0 Å². The molecule has 1 aliphatic rings. The molecule has 0 aromatic heterocycles. The minimum atomic E-state index is -0.394. The van der Waals surface area contributed by atoms with Gasteiger partial charge in [0.05, 0.1) is 19.3 Å². The number of unbranched alkanes of at least 4 members (excludes halogenated alkanes) is 1. The van der Waals surface area contributed by atoms with E-state index in [-0.39, 0.29) is 23.9 Å². The highest BCUT2D eigenvalue weighted by molar-refractivity contribution is 5.68. The van der Waals surface area contributed by atoms with E-state index in [0.29, 0.717) is 12.8 Å². The van der Waals surface area contributed by atoms with Crippen molar-refractivity contribution in [2.24, 2.45) is 11.8 Å². The number of hydrogen-bond acceptors (Lipinski definition) is 4. The maximum Gasteiger partial charge on any atom is 0.305 e. The topological polar surface area (TPSA) is 66.8 Å². The van der Waals surface area contributed by atoms with Gasteiger partial charge in [-0.05, 0) is 37.5 Å². The largest absolute Gasteiger partial charge is 0.469 e. The van der Waals surface area contributed by atoms with Gasteiger partial charge in [0.2, 0.25) is 0 Å². The van der Waals surface area contributed by atoms with Gasteiger partial charge >= 0.3 is 5.97 Å². The first-order chi connectivity index (χ1) is 8.56. The summed E-state index contributed by atoms with van der Waals surface area (Å²) in [5, 5.41) is 19.4. The monoisotopic (exact) mass is 256 g/mol. The number of allylic oxidation sites excluding steroid dienone is 2. The Kier molecular flexibility index (Phi) is 6.36. The Morgan fingerprint density at radius 2 is 2.06 bits per heavy atom. The average molecular weight is 256 g/mol. The molecular formula is C14H24O4. The van der Waals surface area contributed by atoms with E-state index >= 15 is 0 Å². The van der Waals surface area contributed by atoms with Gasteiger partial charge in [-0.3, -0.25) is 4.79 Å². The molecule has 0 aromatic rings. The standard InChI is InChI=1S/C14H24O4/c1-10-11(13(16)9-12(10)15)7-5-3-4-6-8-14(17)18-2/h3,5,10-13,15-16H,4,6-9H2,1-2H3. The molecule has 18 heavy (non-hydrogen) atoms. The molecule has 0 radical (unpaired) electrons. The van der Waals surface area contributed by atoms with Crippen molar-refractivity contribution in [3.63, 3.8) is 0 Å². The van der Waals surface area contributed by atoms with Crippen molar-refractivity contribution in [2.75, 3.05) is 7.11 Å². The number of methoxy groups -OCH3 is 1. The molecule has 4 atom stereocenters. The molecule has 1 aliphatic carbocycles. The lowest BCUT2D eigenvalue weighted by molar-refractivity contribution is -0.140. The van der Waals surface area contributed by atoms with E-state index in [4.69, 9.17) is 0 Å². The number of ether oxygens (including phenoxy) is 1. The molecule has 4 nitrogen and oxygen atoms in total. The van der Waals surface area contributed by atoms with Crippen molar-refractivity contribution in [2.45, 2.75) is 51.2 Å². The summed E-state index contributed by atoms with van der Waals surface area (Å²) in [6, 6.07) is 0. The van der Waals surface area contributed by atoms with Crippen LogP contribution < -0.4 is 0 Å². The molecule has 0 amide bonds. The molecule has 4 unspecified atom stereocenters. The van der Waals surface area contributed by atoms with Crippen LogP contribution in [0.4, 0.5) is 0 Å². The number of aliphatic hydroxyl groups is 2. The first kappa shape index (κ1) is 15.2. The molecule has 1 rings (SSSR count). The number of aliphatic hydroxyl groups excluding tert-OH is 2. The van der Waals surface area contributed by atoms with E-state index in [9.17, 15) is 15.0 Å². The Morgan fingerprint density at radius 3 is 2.61 bits per heavy atom. The van der Waals surface area contributed by atoms with Gasteiger partial charge in [0.25, 0.3) is 0 Å². The quantitative estimate of drug-likeness (QED) is 0.431. The summed E-state index contributed by atoms with van der Waals surface area (Å²) in [4.78, 5) is 10.9. The van der Waals surface area contributed by atoms with Crippen LogP contribution in [0.15, 0.2) is 12.2 Å². The Morgan fingerprint density at radius 1 is 1.33 bits per heavy atom. The van der Waals surface area contributed by atoms with E-state index in [0.717, 1.165) is 19.3 Å². The van der Waals surface area contributed by atoms with Gasteiger partial charge in [-0.15, -0.1) is 0 Å². The molecule has 0 bridgehead atoms. The van der Waals surface area contributed by atoms with Crippen molar-refractivity contribution < 1.29 is 19.7 Å². The van der Waals surface area contributed by atoms with Crippen molar-refractivity contribution in [1.82, 2.24) is 0 Å². The van der Waals surface area contributed by atoms with E-state index in [1.807, 2.05) is 19.1 Å². The number of carbonyl (C=O) groups excluding carboxylic acids is 1. The van der Waals surface area contributed by atoms with Crippen LogP contribution in [-0.4, -0.2) is 35.5 Å². The molecule has 0 aromatic carbocycles. The second-order valence-corrected chi connectivity index (χ2v) is 5.07. The Hall–Kier alpha value is -0.870. The van der Waals surface area contributed by atoms with Crippen LogP contribution in [0.5, 0.6) is 0 Å². The van der Waals surface area contributed by atoms with Crippen LogP contribution >= 0.6 is 0 Å². The van der Waals surface area contributed by atoms with E-state index in [1.165, 1.54) is 7.11 Å². The summed E-state index contributed by atoms with van der Waals surface area (Å²) < 4.78 is 4.55. The van der Waals surface area contributed by atoms with Crippen molar-refractivity contribution >= 4 is 5.97 Å². The summed E-state index contributed by atoms with van der Waals surface area (Å²) in [5.74, 6) is 0.128. The average Bonchev–Trinajstić information content (AvgIpc) is 2.59. The second kappa shape index (κ2) is 7.54. The van der Waals surface area contributed by atoms with Crippen molar-refractivity contribution in [1.29, 1.82) is 0 Å². The molecule has 0 spiro atoms. The first-order valence-corrected chi connectivity index (χ1v) is 6.64. The summed E-state index contributed by atoms with van der Waals surface area (Å²) >= 11 is 0. The Bertz CT molecular complexity index is 288. The summed E-state index contributed by atoms with van der Waals surface area (Å²) in [7, 11) is 1.40. The molecule has 0 aliphatic heterocycles. The molecular weight excluding hydrogens is 232 g/mol. The van der Waals surface area contributed by atoms with Crippen LogP contribution in [0, 0.1) is 11.8 Å². The highest BCUT2D eigenvalue weighted by atomic mass is 16.5. The molecule has 104 valence electrons. The Balaban J connectivity index is 2.18. The number of carbonyl (C=O) groups is 1. The van der Waals surface area contributed by atoms with Gasteiger partial charge in [0.15, 0.2) is 0 Å². The van der Waals surface area contributed by atoms with Crippen LogP contribution in [0.2, 0.25) is 0 Å².